The fourth-order valence-electron chi connectivity index (χ4n) is 3.07. The van der Waals surface area contributed by atoms with E-state index in [-0.39, 0.29) is 11.5 Å². The van der Waals surface area contributed by atoms with Gasteiger partial charge in [-0.25, -0.2) is 0 Å². The fourth-order valence-corrected chi connectivity index (χ4v) is 3.71. The molecular weight excluding hydrogens is 296 g/mol. The third-order valence-electron chi connectivity index (χ3n) is 4.13. The van der Waals surface area contributed by atoms with Crippen molar-refractivity contribution in [2.24, 2.45) is 0 Å². The van der Waals surface area contributed by atoms with Gasteiger partial charge >= 0.3 is 0 Å². The standard InChI is InChI=1S/C17H14N2O2S/c20-16(10-6-7-22-9-10)18-11-4-5-13-12-2-1-3-14(12)17(21)19-15(13)8-11/h4-9H,1-3H2,(H,18,20)(H,19,21). The van der Waals surface area contributed by atoms with E-state index in [2.05, 4.69) is 10.3 Å². The van der Waals surface area contributed by atoms with Crippen LogP contribution < -0.4 is 10.9 Å². The maximum atomic E-state index is 12.1. The van der Waals surface area contributed by atoms with E-state index in [4.69, 9.17) is 0 Å². The van der Waals surface area contributed by atoms with Gasteiger partial charge < -0.3 is 10.3 Å². The number of benzene rings is 1. The maximum absolute atomic E-state index is 12.1. The van der Waals surface area contributed by atoms with Crippen molar-refractivity contribution in [3.63, 3.8) is 0 Å². The van der Waals surface area contributed by atoms with E-state index in [0.29, 0.717) is 11.3 Å². The van der Waals surface area contributed by atoms with Crippen LogP contribution in [0.25, 0.3) is 10.9 Å². The first kappa shape index (κ1) is 13.3. The van der Waals surface area contributed by atoms with Gasteiger partial charge in [0.15, 0.2) is 0 Å². The van der Waals surface area contributed by atoms with Crippen molar-refractivity contribution in [2.75, 3.05) is 5.32 Å². The molecule has 1 amide bonds. The van der Waals surface area contributed by atoms with Crippen molar-refractivity contribution < 1.29 is 4.79 Å². The van der Waals surface area contributed by atoms with Crippen LogP contribution in [0.5, 0.6) is 0 Å². The topological polar surface area (TPSA) is 62.0 Å². The van der Waals surface area contributed by atoms with Crippen LogP contribution in [-0.2, 0) is 12.8 Å². The van der Waals surface area contributed by atoms with Crippen molar-refractivity contribution in [3.05, 3.63) is 62.1 Å². The molecule has 2 N–H and O–H groups in total. The third-order valence-corrected chi connectivity index (χ3v) is 4.81. The highest BCUT2D eigenvalue weighted by atomic mass is 32.1. The molecule has 3 aromatic rings. The minimum atomic E-state index is -0.135. The molecule has 0 saturated carbocycles. The van der Waals surface area contributed by atoms with Crippen molar-refractivity contribution in [3.8, 4) is 0 Å². The van der Waals surface area contributed by atoms with E-state index >= 15 is 0 Å². The number of rotatable bonds is 2. The SMILES string of the molecule is O=C(Nc1ccc2c3c(c(=O)[nH]c2c1)CCC3)c1ccsc1. The molecule has 22 heavy (non-hydrogen) atoms. The minimum absolute atomic E-state index is 0.00121. The number of aryl methyl sites for hydroxylation is 1. The van der Waals surface area contributed by atoms with Gasteiger partial charge in [-0.1, -0.05) is 6.07 Å². The fraction of sp³-hybridized carbons (Fsp3) is 0.176. The number of aromatic nitrogens is 1. The van der Waals surface area contributed by atoms with Crippen LogP contribution in [0.3, 0.4) is 0 Å². The van der Waals surface area contributed by atoms with Crippen LogP contribution in [-0.4, -0.2) is 10.9 Å². The van der Waals surface area contributed by atoms with Crippen molar-refractivity contribution in [1.82, 2.24) is 4.98 Å². The molecular formula is C17H14N2O2S. The van der Waals surface area contributed by atoms with E-state index in [1.165, 1.54) is 11.3 Å². The average molecular weight is 310 g/mol. The number of anilines is 1. The molecule has 0 saturated heterocycles. The van der Waals surface area contributed by atoms with Gasteiger partial charge in [0.2, 0.25) is 0 Å². The number of fused-ring (bicyclic) bond motifs is 3. The van der Waals surface area contributed by atoms with Crippen LogP contribution >= 0.6 is 11.3 Å². The zero-order valence-electron chi connectivity index (χ0n) is 11.8. The Labute approximate surface area is 130 Å². The summed E-state index contributed by atoms with van der Waals surface area (Å²) < 4.78 is 0. The number of carbonyl (C=O) groups excluding carboxylic acids is 1. The third kappa shape index (κ3) is 2.14. The molecule has 5 heteroatoms. The number of amides is 1. The highest BCUT2D eigenvalue weighted by Gasteiger charge is 2.18. The lowest BCUT2D eigenvalue weighted by Gasteiger charge is -2.08. The van der Waals surface area contributed by atoms with Crippen LogP contribution in [0.4, 0.5) is 5.69 Å². The molecule has 0 radical (unpaired) electrons. The van der Waals surface area contributed by atoms with Crippen LogP contribution in [0, 0.1) is 0 Å². The first-order valence-electron chi connectivity index (χ1n) is 7.24. The van der Waals surface area contributed by atoms with Crippen LogP contribution in [0.15, 0.2) is 39.8 Å². The molecule has 0 fully saturated rings. The van der Waals surface area contributed by atoms with Crippen molar-refractivity contribution >= 4 is 33.8 Å². The van der Waals surface area contributed by atoms with Gasteiger partial charge in [0.1, 0.15) is 0 Å². The van der Waals surface area contributed by atoms with Crippen molar-refractivity contribution in [2.45, 2.75) is 19.3 Å². The van der Waals surface area contributed by atoms with Gasteiger partial charge in [0.25, 0.3) is 11.5 Å². The molecule has 4 nitrogen and oxygen atoms in total. The number of nitrogens with one attached hydrogen (secondary N) is 2. The number of hydrogen-bond donors (Lipinski definition) is 2. The average Bonchev–Trinajstić information content (AvgIpc) is 3.19. The Morgan fingerprint density at radius 2 is 2.05 bits per heavy atom. The molecule has 110 valence electrons. The molecule has 0 aliphatic heterocycles. The van der Waals surface area contributed by atoms with E-state index in [0.717, 1.165) is 41.3 Å². The number of aromatic amines is 1. The Hall–Kier alpha value is -2.40. The second-order valence-electron chi connectivity index (χ2n) is 5.49. The number of hydrogen-bond acceptors (Lipinski definition) is 3. The molecule has 0 atom stereocenters. The highest BCUT2D eigenvalue weighted by molar-refractivity contribution is 7.08. The molecule has 2 aromatic heterocycles. The quantitative estimate of drug-likeness (QED) is 0.762. The van der Waals surface area contributed by atoms with Crippen LogP contribution in [0.2, 0.25) is 0 Å². The summed E-state index contributed by atoms with van der Waals surface area (Å²) in [5, 5.41) is 7.64. The van der Waals surface area contributed by atoms with Gasteiger partial charge in [0.05, 0.1) is 11.1 Å². The first-order chi connectivity index (χ1) is 10.7. The summed E-state index contributed by atoms with van der Waals surface area (Å²) in [6.45, 7) is 0. The molecule has 2 heterocycles. The number of thiophene rings is 1. The maximum Gasteiger partial charge on any atom is 0.256 e. The summed E-state index contributed by atoms with van der Waals surface area (Å²) in [5.74, 6) is -0.135. The number of H-pyrrole nitrogens is 1. The van der Waals surface area contributed by atoms with E-state index in [1.54, 1.807) is 6.07 Å². The van der Waals surface area contributed by atoms with Crippen LogP contribution in [0.1, 0.15) is 27.9 Å². The zero-order chi connectivity index (χ0) is 15.1. The summed E-state index contributed by atoms with van der Waals surface area (Å²) >= 11 is 1.49. The number of carbonyl (C=O) groups is 1. The van der Waals surface area contributed by atoms with Gasteiger partial charge in [-0.3, -0.25) is 9.59 Å². The van der Waals surface area contributed by atoms with Gasteiger partial charge in [-0.15, -0.1) is 0 Å². The van der Waals surface area contributed by atoms with Gasteiger partial charge in [-0.05, 0) is 48.4 Å². The predicted octanol–water partition coefficient (Wildman–Crippen LogP) is 3.33. The molecule has 1 aliphatic rings. The zero-order valence-corrected chi connectivity index (χ0v) is 12.6. The Morgan fingerprint density at radius 3 is 2.86 bits per heavy atom. The smallest absolute Gasteiger partial charge is 0.256 e. The molecule has 0 bridgehead atoms. The lowest BCUT2D eigenvalue weighted by molar-refractivity contribution is 0.102. The molecule has 1 aliphatic carbocycles. The first-order valence-corrected chi connectivity index (χ1v) is 8.18. The summed E-state index contributed by atoms with van der Waals surface area (Å²) in [4.78, 5) is 27.1. The molecule has 0 unspecified atom stereocenters. The summed E-state index contributed by atoms with van der Waals surface area (Å²) in [6.07, 6.45) is 2.85. The predicted molar refractivity (Wildman–Crippen MR) is 88.9 cm³/mol. The Bertz CT molecular complexity index is 926. The van der Waals surface area contributed by atoms with E-state index in [1.807, 2.05) is 29.0 Å². The van der Waals surface area contributed by atoms with E-state index in [9.17, 15) is 9.59 Å². The molecule has 1 aromatic carbocycles. The summed E-state index contributed by atoms with van der Waals surface area (Å²) in [5.41, 5.74) is 4.21. The second kappa shape index (κ2) is 5.10. The second-order valence-corrected chi connectivity index (χ2v) is 6.27. The largest absolute Gasteiger partial charge is 0.322 e. The highest BCUT2D eigenvalue weighted by Crippen LogP contribution is 2.27. The summed E-state index contributed by atoms with van der Waals surface area (Å²) in [6, 6.07) is 7.50. The Kier molecular flexibility index (Phi) is 3.08. The Balaban J connectivity index is 1.74. The van der Waals surface area contributed by atoms with Gasteiger partial charge in [0, 0.05) is 22.0 Å². The molecule has 0 spiro atoms. The van der Waals surface area contributed by atoms with Gasteiger partial charge in [-0.2, -0.15) is 11.3 Å². The number of pyridine rings is 1. The monoisotopic (exact) mass is 310 g/mol. The minimum Gasteiger partial charge on any atom is -0.322 e. The van der Waals surface area contributed by atoms with E-state index < -0.39 is 0 Å². The normalized spacial score (nSPS) is 13.3. The lowest BCUT2D eigenvalue weighted by atomic mass is 10.1. The summed E-state index contributed by atoms with van der Waals surface area (Å²) in [7, 11) is 0. The molecule has 4 rings (SSSR count). The van der Waals surface area contributed by atoms with Crippen molar-refractivity contribution in [1.29, 1.82) is 0 Å². The Morgan fingerprint density at radius 1 is 1.18 bits per heavy atom. The lowest BCUT2D eigenvalue weighted by Crippen LogP contribution is -2.13.